The van der Waals surface area contributed by atoms with E-state index >= 15 is 0 Å². The number of carbonyl (C=O) groups excluding carboxylic acids is 1. The molecule has 1 saturated heterocycles. The van der Waals surface area contributed by atoms with Gasteiger partial charge in [0.2, 0.25) is 5.91 Å². The van der Waals surface area contributed by atoms with Gasteiger partial charge in [-0.15, -0.1) is 0 Å². The topological polar surface area (TPSA) is 23.6 Å². The van der Waals surface area contributed by atoms with Gasteiger partial charge in [0.15, 0.2) is 0 Å². The van der Waals surface area contributed by atoms with Gasteiger partial charge in [-0.25, -0.2) is 0 Å². The van der Waals surface area contributed by atoms with Crippen molar-refractivity contribution in [3.63, 3.8) is 0 Å². The van der Waals surface area contributed by atoms with E-state index in [2.05, 4.69) is 72.7 Å². The van der Waals surface area contributed by atoms with Crippen LogP contribution in [0, 0.1) is 0 Å². The average Bonchev–Trinajstić information content (AvgIpc) is 2.82. The molecule has 0 saturated carbocycles. The highest BCUT2D eigenvalue weighted by molar-refractivity contribution is 5.93. The molecule has 3 nitrogen and oxygen atoms in total. The normalized spacial score (nSPS) is 15.9. The van der Waals surface area contributed by atoms with Gasteiger partial charge in [-0.3, -0.25) is 4.79 Å². The SMILES string of the molecule is C=C/C=C(\C=C/C)CCN1CCC(N(C(=O)CC)c2ccc(CCCCCC)cc2)CC1. The van der Waals surface area contributed by atoms with E-state index in [-0.39, 0.29) is 5.91 Å². The van der Waals surface area contributed by atoms with Gasteiger partial charge in [0.05, 0.1) is 0 Å². The van der Waals surface area contributed by atoms with Crippen molar-refractivity contribution in [2.45, 2.75) is 84.6 Å². The Labute approximate surface area is 196 Å². The minimum Gasteiger partial charge on any atom is -0.309 e. The second-order valence-corrected chi connectivity index (χ2v) is 8.89. The van der Waals surface area contributed by atoms with Crippen LogP contribution in [-0.4, -0.2) is 36.5 Å². The molecule has 1 aromatic carbocycles. The lowest BCUT2D eigenvalue weighted by molar-refractivity contribution is -0.119. The average molecular weight is 437 g/mol. The second kappa shape index (κ2) is 14.8. The fourth-order valence-corrected chi connectivity index (χ4v) is 4.58. The molecule has 0 radical (unpaired) electrons. The van der Waals surface area contributed by atoms with Gasteiger partial charge in [-0.05, 0) is 62.3 Å². The number of aryl methyl sites for hydroxylation is 1. The van der Waals surface area contributed by atoms with Gasteiger partial charge in [-0.2, -0.15) is 0 Å². The third kappa shape index (κ3) is 8.43. The quantitative estimate of drug-likeness (QED) is 0.243. The van der Waals surface area contributed by atoms with Crippen LogP contribution in [0.15, 0.2) is 60.7 Å². The zero-order chi connectivity index (χ0) is 23.2. The first-order valence-corrected chi connectivity index (χ1v) is 12.7. The summed E-state index contributed by atoms with van der Waals surface area (Å²) in [6.45, 7) is 13.3. The third-order valence-corrected chi connectivity index (χ3v) is 6.46. The molecule has 3 heteroatoms. The summed E-state index contributed by atoms with van der Waals surface area (Å²) >= 11 is 0. The molecule has 0 spiro atoms. The molecule has 1 aromatic rings. The van der Waals surface area contributed by atoms with E-state index in [9.17, 15) is 4.79 Å². The number of unbranched alkanes of at least 4 members (excludes halogenated alkanes) is 3. The Balaban J connectivity index is 1.94. The highest BCUT2D eigenvalue weighted by Gasteiger charge is 2.28. The number of hydrogen-bond donors (Lipinski definition) is 0. The third-order valence-electron chi connectivity index (χ3n) is 6.46. The van der Waals surface area contributed by atoms with Crippen LogP contribution in [-0.2, 0) is 11.2 Å². The molecular formula is C29H44N2O. The molecule has 0 bridgehead atoms. The second-order valence-electron chi connectivity index (χ2n) is 8.89. The minimum absolute atomic E-state index is 0.239. The lowest BCUT2D eigenvalue weighted by Crippen LogP contribution is -2.47. The highest BCUT2D eigenvalue weighted by atomic mass is 16.2. The number of carbonyl (C=O) groups is 1. The van der Waals surface area contributed by atoms with Crippen molar-refractivity contribution in [1.29, 1.82) is 0 Å². The number of piperidine rings is 1. The standard InChI is InChI=1S/C29H44N2O/c1-5-9-10-11-14-26-15-17-27(18-16-26)31(29(32)8-4)28-20-23-30(24-21-28)22-19-25(12-6-2)13-7-3/h6-7,12-13,15-18,28H,2,5,8-11,14,19-24H2,1,3-4H3/b13-7-,25-12+. The van der Waals surface area contributed by atoms with E-state index in [1.54, 1.807) is 0 Å². The Morgan fingerprint density at radius 2 is 1.84 bits per heavy atom. The maximum atomic E-state index is 12.9. The molecule has 32 heavy (non-hydrogen) atoms. The summed E-state index contributed by atoms with van der Waals surface area (Å²) in [5, 5.41) is 0. The molecule has 1 fully saturated rings. The summed E-state index contributed by atoms with van der Waals surface area (Å²) < 4.78 is 0. The van der Waals surface area contributed by atoms with Crippen molar-refractivity contribution in [1.82, 2.24) is 4.90 Å². The van der Waals surface area contributed by atoms with Crippen molar-refractivity contribution in [2.75, 3.05) is 24.5 Å². The monoisotopic (exact) mass is 436 g/mol. The molecule has 176 valence electrons. The van der Waals surface area contributed by atoms with E-state index in [1.165, 1.54) is 36.8 Å². The van der Waals surface area contributed by atoms with Crippen LogP contribution in [0.1, 0.15) is 77.7 Å². The minimum atomic E-state index is 0.239. The van der Waals surface area contributed by atoms with Gasteiger partial charge in [0.1, 0.15) is 0 Å². The maximum absolute atomic E-state index is 12.9. The van der Waals surface area contributed by atoms with Crippen molar-refractivity contribution >= 4 is 11.6 Å². The van der Waals surface area contributed by atoms with Crippen LogP contribution in [0.25, 0.3) is 0 Å². The molecule has 1 aliphatic heterocycles. The number of hydrogen-bond acceptors (Lipinski definition) is 2. The van der Waals surface area contributed by atoms with Crippen LogP contribution >= 0.6 is 0 Å². The van der Waals surface area contributed by atoms with Crippen LogP contribution in [0.4, 0.5) is 5.69 Å². The summed E-state index contributed by atoms with van der Waals surface area (Å²) in [4.78, 5) is 17.5. The number of allylic oxidation sites excluding steroid dienone is 4. The van der Waals surface area contributed by atoms with Crippen molar-refractivity contribution < 1.29 is 4.79 Å². The molecule has 0 N–H and O–H groups in total. The first-order chi connectivity index (χ1) is 15.6. The van der Waals surface area contributed by atoms with E-state index in [0.717, 1.165) is 51.0 Å². The molecule has 1 amide bonds. The van der Waals surface area contributed by atoms with Crippen LogP contribution in [0.5, 0.6) is 0 Å². The van der Waals surface area contributed by atoms with Crippen molar-refractivity contribution in [3.05, 3.63) is 66.3 Å². The van der Waals surface area contributed by atoms with Gasteiger partial charge < -0.3 is 9.80 Å². The fraction of sp³-hybridized carbons (Fsp3) is 0.552. The van der Waals surface area contributed by atoms with Crippen LogP contribution in [0.3, 0.4) is 0 Å². The van der Waals surface area contributed by atoms with Crippen LogP contribution in [0.2, 0.25) is 0 Å². The zero-order valence-electron chi connectivity index (χ0n) is 20.7. The molecular weight excluding hydrogens is 392 g/mol. The van der Waals surface area contributed by atoms with E-state index in [4.69, 9.17) is 0 Å². The predicted molar refractivity (Wildman–Crippen MR) is 139 cm³/mol. The Morgan fingerprint density at radius 1 is 1.12 bits per heavy atom. The zero-order valence-corrected chi connectivity index (χ0v) is 20.7. The predicted octanol–water partition coefficient (Wildman–Crippen LogP) is 7.10. The number of amides is 1. The lowest BCUT2D eigenvalue weighted by atomic mass is 10.00. The smallest absolute Gasteiger partial charge is 0.226 e. The summed E-state index contributed by atoms with van der Waals surface area (Å²) in [5.74, 6) is 0.239. The van der Waals surface area contributed by atoms with Gasteiger partial charge >= 0.3 is 0 Å². The molecule has 2 rings (SSSR count). The molecule has 1 heterocycles. The maximum Gasteiger partial charge on any atom is 0.226 e. The fourth-order valence-electron chi connectivity index (χ4n) is 4.58. The Bertz CT molecular complexity index is 739. The van der Waals surface area contributed by atoms with Crippen molar-refractivity contribution in [2.24, 2.45) is 0 Å². The van der Waals surface area contributed by atoms with Crippen LogP contribution < -0.4 is 4.90 Å². The van der Waals surface area contributed by atoms with E-state index < -0.39 is 0 Å². The number of likely N-dealkylation sites (tertiary alicyclic amines) is 1. The van der Waals surface area contributed by atoms with Gasteiger partial charge in [0, 0.05) is 37.8 Å². The van der Waals surface area contributed by atoms with E-state index in [1.807, 2.05) is 13.0 Å². The molecule has 0 aliphatic carbocycles. The Kier molecular flexibility index (Phi) is 12.1. The number of benzene rings is 1. The largest absolute Gasteiger partial charge is 0.309 e. The van der Waals surface area contributed by atoms with Gasteiger partial charge in [0.25, 0.3) is 0 Å². The molecule has 0 atom stereocenters. The molecule has 1 aliphatic rings. The first kappa shape index (κ1) is 26.1. The first-order valence-electron chi connectivity index (χ1n) is 12.7. The summed E-state index contributed by atoms with van der Waals surface area (Å²) in [6, 6.07) is 9.08. The molecule has 0 aromatic heterocycles. The lowest BCUT2D eigenvalue weighted by Gasteiger charge is -2.38. The van der Waals surface area contributed by atoms with Crippen molar-refractivity contribution in [3.8, 4) is 0 Å². The van der Waals surface area contributed by atoms with E-state index in [0.29, 0.717) is 12.5 Å². The Hall–Kier alpha value is -2.13. The summed E-state index contributed by atoms with van der Waals surface area (Å²) in [6.07, 6.45) is 18.2. The Morgan fingerprint density at radius 3 is 2.44 bits per heavy atom. The summed E-state index contributed by atoms with van der Waals surface area (Å²) in [7, 11) is 0. The number of rotatable bonds is 13. The summed E-state index contributed by atoms with van der Waals surface area (Å²) in [5.41, 5.74) is 3.77. The van der Waals surface area contributed by atoms with Gasteiger partial charge in [-0.1, -0.05) is 76.1 Å². The highest BCUT2D eigenvalue weighted by Crippen LogP contribution is 2.26. The molecule has 0 unspecified atom stereocenters. The number of anilines is 1. The number of nitrogens with zero attached hydrogens (tertiary/aromatic N) is 2.